The van der Waals surface area contributed by atoms with Gasteiger partial charge in [-0.25, -0.2) is 0 Å². The van der Waals surface area contributed by atoms with E-state index in [0.29, 0.717) is 23.3 Å². The topological polar surface area (TPSA) is 61.4 Å². The lowest BCUT2D eigenvalue weighted by Gasteiger charge is -2.20. The first-order chi connectivity index (χ1) is 9.76. The second-order valence-electron chi connectivity index (χ2n) is 6.82. The summed E-state index contributed by atoms with van der Waals surface area (Å²) in [7, 11) is 2.02. The molecular formula is C16H29N3O2. The van der Waals surface area contributed by atoms with Gasteiger partial charge in [-0.05, 0) is 31.8 Å². The zero-order chi connectivity index (χ0) is 16.0. The average Bonchev–Trinajstić information content (AvgIpc) is 2.42. The first-order valence-corrected chi connectivity index (χ1v) is 7.76. The van der Waals surface area contributed by atoms with Crippen molar-refractivity contribution in [3.8, 4) is 0 Å². The van der Waals surface area contributed by atoms with Crippen LogP contribution in [0.3, 0.4) is 0 Å². The molecule has 1 aromatic carbocycles. The standard InChI is InChI=1S/C16H29N3O2/c1-6-19(5)11-10-18-13-12(14(20)15(13)21)17-9-7-8-16(2,3)4/h17-18H,6-11H2,1-5H3. The molecule has 0 unspecified atom stereocenters. The summed E-state index contributed by atoms with van der Waals surface area (Å²) < 4.78 is 0. The predicted molar refractivity (Wildman–Crippen MR) is 90.2 cm³/mol. The predicted octanol–water partition coefficient (Wildman–Crippen LogP) is 1.88. The van der Waals surface area contributed by atoms with Gasteiger partial charge < -0.3 is 15.5 Å². The van der Waals surface area contributed by atoms with Crippen LogP contribution in [0, 0.1) is 5.41 Å². The molecule has 0 radical (unpaired) electrons. The molecule has 1 aromatic rings. The monoisotopic (exact) mass is 295 g/mol. The number of anilines is 2. The summed E-state index contributed by atoms with van der Waals surface area (Å²) in [5.74, 6) is 0. The van der Waals surface area contributed by atoms with E-state index >= 15 is 0 Å². The van der Waals surface area contributed by atoms with Gasteiger partial charge in [-0.1, -0.05) is 27.7 Å². The molecule has 120 valence electrons. The van der Waals surface area contributed by atoms with Crippen molar-refractivity contribution >= 4 is 11.4 Å². The average molecular weight is 295 g/mol. The Labute approximate surface area is 127 Å². The van der Waals surface area contributed by atoms with Crippen LogP contribution in [-0.4, -0.2) is 38.1 Å². The number of nitrogens with one attached hydrogen (secondary N) is 2. The minimum Gasteiger partial charge on any atom is -0.380 e. The van der Waals surface area contributed by atoms with E-state index < -0.39 is 10.9 Å². The summed E-state index contributed by atoms with van der Waals surface area (Å²) in [5, 5.41) is 6.18. The van der Waals surface area contributed by atoms with Gasteiger partial charge in [0.25, 0.3) is 10.9 Å². The molecule has 0 saturated carbocycles. The normalized spacial score (nSPS) is 12.1. The van der Waals surface area contributed by atoms with Gasteiger partial charge >= 0.3 is 0 Å². The van der Waals surface area contributed by atoms with Crippen LogP contribution in [0.15, 0.2) is 9.59 Å². The van der Waals surface area contributed by atoms with Crippen LogP contribution in [-0.2, 0) is 0 Å². The molecule has 0 atom stereocenters. The van der Waals surface area contributed by atoms with Crippen molar-refractivity contribution in [2.24, 2.45) is 5.41 Å². The zero-order valence-corrected chi connectivity index (χ0v) is 14.0. The minimum absolute atomic E-state index is 0.293. The third-order valence-electron chi connectivity index (χ3n) is 3.65. The van der Waals surface area contributed by atoms with Crippen molar-refractivity contribution < 1.29 is 0 Å². The van der Waals surface area contributed by atoms with Crippen LogP contribution in [0.5, 0.6) is 0 Å². The van der Waals surface area contributed by atoms with Gasteiger partial charge in [-0.2, -0.15) is 0 Å². The summed E-state index contributed by atoms with van der Waals surface area (Å²) in [6.45, 7) is 11.9. The molecule has 0 aliphatic heterocycles. The molecule has 0 bridgehead atoms. The van der Waals surface area contributed by atoms with E-state index in [4.69, 9.17) is 0 Å². The summed E-state index contributed by atoms with van der Waals surface area (Å²) >= 11 is 0. The van der Waals surface area contributed by atoms with E-state index in [2.05, 4.69) is 43.2 Å². The molecule has 0 aromatic heterocycles. The van der Waals surface area contributed by atoms with Gasteiger partial charge in [-0.15, -0.1) is 0 Å². The molecule has 2 N–H and O–H groups in total. The van der Waals surface area contributed by atoms with Gasteiger partial charge in [0.05, 0.1) is 0 Å². The van der Waals surface area contributed by atoms with E-state index in [0.717, 1.165) is 32.5 Å². The van der Waals surface area contributed by atoms with E-state index in [9.17, 15) is 9.59 Å². The highest BCUT2D eigenvalue weighted by molar-refractivity contribution is 5.73. The van der Waals surface area contributed by atoms with Crippen LogP contribution >= 0.6 is 0 Å². The minimum atomic E-state index is -0.396. The van der Waals surface area contributed by atoms with Crippen LogP contribution in [0.1, 0.15) is 40.5 Å². The number of hydrogen-bond donors (Lipinski definition) is 2. The second kappa shape index (κ2) is 7.59. The van der Waals surface area contributed by atoms with E-state index in [1.54, 1.807) is 0 Å². The lowest BCUT2D eigenvalue weighted by atomic mass is 9.90. The van der Waals surface area contributed by atoms with Crippen LogP contribution in [0.4, 0.5) is 11.4 Å². The van der Waals surface area contributed by atoms with Crippen molar-refractivity contribution in [3.63, 3.8) is 0 Å². The second-order valence-corrected chi connectivity index (χ2v) is 6.82. The number of rotatable bonds is 9. The maximum Gasteiger partial charge on any atom is 0.253 e. The first kappa shape index (κ1) is 17.7. The highest BCUT2D eigenvalue weighted by atomic mass is 16.2. The Balaban J connectivity index is 2.43. The van der Waals surface area contributed by atoms with Crippen molar-refractivity contribution in [2.75, 3.05) is 43.9 Å². The fraction of sp³-hybridized carbons (Fsp3) is 0.750. The van der Waals surface area contributed by atoms with Gasteiger partial charge in [0.2, 0.25) is 0 Å². The van der Waals surface area contributed by atoms with Gasteiger partial charge in [0.15, 0.2) is 0 Å². The van der Waals surface area contributed by atoms with E-state index in [1.807, 2.05) is 7.05 Å². The summed E-state index contributed by atoms with van der Waals surface area (Å²) in [5.41, 5.74) is 0.430. The molecule has 5 nitrogen and oxygen atoms in total. The largest absolute Gasteiger partial charge is 0.380 e. The fourth-order valence-corrected chi connectivity index (χ4v) is 2.09. The Morgan fingerprint density at radius 2 is 1.52 bits per heavy atom. The quantitative estimate of drug-likeness (QED) is 0.538. The third kappa shape index (κ3) is 5.50. The third-order valence-corrected chi connectivity index (χ3v) is 3.65. The van der Waals surface area contributed by atoms with E-state index in [-0.39, 0.29) is 0 Å². The molecule has 0 amide bonds. The maximum absolute atomic E-state index is 11.6. The van der Waals surface area contributed by atoms with Crippen molar-refractivity contribution in [1.82, 2.24) is 4.90 Å². The van der Waals surface area contributed by atoms with Crippen LogP contribution < -0.4 is 21.5 Å². The van der Waals surface area contributed by atoms with Gasteiger partial charge in [0.1, 0.15) is 11.4 Å². The van der Waals surface area contributed by atoms with Gasteiger partial charge in [0, 0.05) is 19.6 Å². The lowest BCUT2D eigenvalue weighted by Crippen LogP contribution is -2.39. The van der Waals surface area contributed by atoms with Gasteiger partial charge in [-0.3, -0.25) is 9.59 Å². The summed E-state index contributed by atoms with van der Waals surface area (Å²) in [4.78, 5) is 25.3. The molecule has 0 aliphatic carbocycles. The van der Waals surface area contributed by atoms with E-state index in [1.165, 1.54) is 0 Å². The highest BCUT2D eigenvalue weighted by Crippen LogP contribution is 2.21. The van der Waals surface area contributed by atoms with Crippen molar-refractivity contribution in [2.45, 2.75) is 40.5 Å². The molecule has 1 rings (SSSR count). The van der Waals surface area contributed by atoms with Crippen LogP contribution in [0.25, 0.3) is 0 Å². The molecular weight excluding hydrogens is 266 g/mol. The molecule has 21 heavy (non-hydrogen) atoms. The zero-order valence-electron chi connectivity index (χ0n) is 14.0. The molecule has 0 fully saturated rings. The van der Waals surface area contributed by atoms with Crippen molar-refractivity contribution in [3.05, 3.63) is 20.4 Å². The molecule has 0 spiro atoms. The Morgan fingerprint density at radius 1 is 1.00 bits per heavy atom. The summed E-state index contributed by atoms with van der Waals surface area (Å²) in [6.07, 6.45) is 2.07. The lowest BCUT2D eigenvalue weighted by molar-refractivity contribution is 0.367. The Hall–Kier alpha value is -1.36. The summed E-state index contributed by atoms with van der Waals surface area (Å²) in [6, 6.07) is 0. The fourth-order valence-electron chi connectivity index (χ4n) is 2.09. The maximum atomic E-state index is 11.6. The number of nitrogens with zero attached hydrogens (tertiary/aromatic N) is 1. The highest BCUT2D eigenvalue weighted by Gasteiger charge is 2.20. The molecule has 0 saturated heterocycles. The Morgan fingerprint density at radius 3 is 2.00 bits per heavy atom. The smallest absolute Gasteiger partial charge is 0.253 e. The Bertz CT molecular complexity index is 510. The molecule has 0 heterocycles. The first-order valence-electron chi connectivity index (χ1n) is 7.76. The number of hydrogen-bond acceptors (Lipinski definition) is 5. The number of likely N-dealkylation sites (N-methyl/N-ethyl adjacent to an activating group) is 1. The van der Waals surface area contributed by atoms with Crippen molar-refractivity contribution in [1.29, 1.82) is 0 Å². The SMILES string of the molecule is CCN(C)CCNc1c(NCCCC(C)(C)C)c(=O)c1=O. The molecule has 0 aliphatic rings. The van der Waals surface area contributed by atoms with Crippen LogP contribution in [0.2, 0.25) is 0 Å². The Kier molecular flexibility index (Phi) is 6.40. The molecule has 5 heteroatoms.